The first-order valence-electron chi connectivity index (χ1n) is 5.41. The molecule has 1 aliphatic rings. The van der Waals surface area contributed by atoms with Gasteiger partial charge >= 0.3 is 0 Å². The molecule has 3 nitrogen and oxygen atoms in total. The summed E-state index contributed by atoms with van der Waals surface area (Å²) in [5.74, 6) is 4.83. The van der Waals surface area contributed by atoms with Crippen LogP contribution in [0.3, 0.4) is 0 Å². The largest absolute Gasteiger partial charge is 0.360 e. The standard InChI is InChI=1S/C10H17N3S2/c1-7(2)9-12-10(15-13-9)11-5-8-3-4-14-6-8/h7-8H,3-6H2,1-2H3,(H,11,12,13). The maximum absolute atomic E-state index is 4.46. The molecule has 1 aromatic heterocycles. The average Bonchev–Trinajstić information content (AvgIpc) is 2.86. The van der Waals surface area contributed by atoms with E-state index in [4.69, 9.17) is 0 Å². The Morgan fingerprint density at radius 3 is 3.00 bits per heavy atom. The van der Waals surface area contributed by atoms with E-state index in [1.807, 2.05) is 0 Å². The van der Waals surface area contributed by atoms with Crippen LogP contribution in [-0.4, -0.2) is 27.4 Å². The van der Waals surface area contributed by atoms with Crippen molar-refractivity contribution in [2.75, 3.05) is 23.4 Å². The van der Waals surface area contributed by atoms with E-state index in [-0.39, 0.29) is 0 Å². The van der Waals surface area contributed by atoms with E-state index in [0.29, 0.717) is 5.92 Å². The number of nitrogens with zero attached hydrogens (tertiary/aromatic N) is 2. The molecule has 1 unspecified atom stereocenters. The third-order valence-electron chi connectivity index (χ3n) is 2.52. The molecule has 0 radical (unpaired) electrons. The number of hydrogen-bond donors (Lipinski definition) is 1. The molecule has 5 heteroatoms. The lowest BCUT2D eigenvalue weighted by Crippen LogP contribution is -2.13. The summed E-state index contributed by atoms with van der Waals surface area (Å²) in [6, 6.07) is 0. The Balaban J connectivity index is 1.82. The quantitative estimate of drug-likeness (QED) is 0.882. The van der Waals surface area contributed by atoms with Crippen LogP contribution in [0.4, 0.5) is 5.13 Å². The van der Waals surface area contributed by atoms with Crippen LogP contribution in [-0.2, 0) is 0 Å². The number of anilines is 1. The Kier molecular flexibility index (Phi) is 3.86. The second-order valence-corrected chi connectivity index (χ2v) is 6.12. The van der Waals surface area contributed by atoms with Crippen molar-refractivity contribution < 1.29 is 0 Å². The lowest BCUT2D eigenvalue weighted by molar-refractivity contribution is 0.631. The Labute approximate surface area is 99.2 Å². The fraction of sp³-hybridized carbons (Fsp3) is 0.800. The molecule has 15 heavy (non-hydrogen) atoms. The van der Waals surface area contributed by atoms with Gasteiger partial charge in [0, 0.05) is 24.0 Å². The van der Waals surface area contributed by atoms with Gasteiger partial charge in [0.2, 0.25) is 5.13 Å². The first-order chi connectivity index (χ1) is 7.25. The van der Waals surface area contributed by atoms with Crippen molar-refractivity contribution in [3.8, 4) is 0 Å². The van der Waals surface area contributed by atoms with Gasteiger partial charge in [0.05, 0.1) is 0 Å². The highest BCUT2D eigenvalue weighted by atomic mass is 32.2. The summed E-state index contributed by atoms with van der Waals surface area (Å²) in [5.41, 5.74) is 0. The Morgan fingerprint density at radius 2 is 2.40 bits per heavy atom. The van der Waals surface area contributed by atoms with Gasteiger partial charge in [-0.15, -0.1) is 0 Å². The second-order valence-electron chi connectivity index (χ2n) is 4.22. The highest BCUT2D eigenvalue weighted by Gasteiger charge is 2.16. The van der Waals surface area contributed by atoms with Gasteiger partial charge in [-0.3, -0.25) is 0 Å². The number of rotatable bonds is 4. The van der Waals surface area contributed by atoms with E-state index in [0.717, 1.165) is 23.4 Å². The molecule has 0 amide bonds. The Bertz CT molecular complexity index is 305. The topological polar surface area (TPSA) is 37.8 Å². The van der Waals surface area contributed by atoms with Crippen LogP contribution in [0.5, 0.6) is 0 Å². The summed E-state index contributed by atoms with van der Waals surface area (Å²) >= 11 is 3.54. The number of aromatic nitrogens is 2. The van der Waals surface area contributed by atoms with Gasteiger partial charge in [0.15, 0.2) is 0 Å². The fourth-order valence-electron chi connectivity index (χ4n) is 1.52. The Morgan fingerprint density at radius 1 is 1.53 bits per heavy atom. The highest BCUT2D eigenvalue weighted by Crippen LogP contribution is 2.24. The molecule has 1 aromatic rings. The number of nitrogens with one attached hydrogen (secondary N) is 1. The molecule has 0 saturated carbocycles. The lowest BCUT2D eigenvalue weighted by atomic mass is 10.1. The summed E-state index contributed by atoms with van der Waals surface area (Å²) in [6.45, 7) is 5.30. The van der Waals surface area contributed by atoms with Crippen molar-refractivity contribution >= 4 is 28.4 Å². The van der Waals surface area contributed by atoms with E-state index >= 15 is 0 Å². The third-order valence-corrected chi connectivity index (χ3v) is 4.44. The molecule has 0 spiro atoms. The summed E-state index contributed by atoms with van der Waals surface area (Å²) < 4.78 is 4.32. The van der Waals surface area contributed by atoms with E-state index < -0.39 is 0 Å². The molecule has 0 aromatic carbocycles. The second kappa shape index (κ2) is 5.16. The number of thioether (sulfide) groups is 1. The molecule has 2 rings (SSSR count). The first-order valence-corrected chi connectivity index (χ1v) is 7.33. The maximum Gasteiger partial charge on any atom is 0.202 e. The summed E-state index contributed by atoms with van der Waals surface area (Å²) in [7, 11) is 0. The molecular formula is C10H17N3S2. The smallest absolute Gasteiger partial charge is 0.202 e. The van der Waals surface area contributed by atoms with Crippen LogP contribution in [0.15, 0.2) is 0 Å². The van der Waals surface area contributed by atoms with Crippen LogP contribution >= 0.6 is 23.3 Å². The van der Waals surface area contributed by atoms with E-state index in [1.54, 1.807) is 0 Å². The van der Waals surface area contributed by atoms with Gasteiger partial charge in [0.1, 0.15) is 5.82 Å². The van der Waals surface area contributed by atoms with Crippen molar-refractivity contribution in [3.63, 3.8) is 0 Å². The zero-order valence-electron chi connectivity index (χ0n) is 9.19. The van der Waals surface area contributed by atoms with Gasteiger partial charge in [0.25, 0.3) is 0 Å². The van der Waals surface area contributed by atoms with Crippen LogP contribution in [0.2, 0.25) is 0 Å². The molecule has 1 saturated heterocycles. The lowest BCUT2D eigenvalue weighted by Gasteiger charge is -2.07. The van der Waals surface area contributed by atoms with E-state index in [1.165, 1.54) is 29.5 Å². The molecule has 84 valence electrons. The minimum Gasteiger partial charge on any atom is -0.360 e. The van der Waals surface area contributed by atoms with E-state index in [9.17, 15) is 0 Å². The van der Waals surface area contributed by atoms with Gasteiger partial charge in [-0.1, -0.05) is 13.8 Å². The molecular weight excluding hydrogens is 226 g/mol. The fourth-order valence-corrected chi connectivity index (χ4v) is 3.52. The van der Waals surface area contributed by atoms with Crippen molar-refractivity contribution in [3.05, 3.63) is 5.82 Å². The van der Waals surface area contributed by atoms with Crippen molar-refractivity contribution in [2.24, 2.45) is 5.92 Å². The molecule has 1 N–H and O–H groups in total. The van der Waals surface area contributed by atoms with Gasteiger partial charge in [-0.05, 0) is 23.8 Å². The minimum atomic E-state index is 0.429. The van der Waals surface area contributed by atoms with E-state index in [2.05, 4.69) is 40.3 Å². The molecule has 2 heterocycles. The molecule has 0 aliphatic carbocycles. The molecule has 1 fully saturated rings. The van der Waals surface area contributed by atoms with Gasteiger partial charge < -0.3 is 5.32 Å². The average molecular weight is 243 g/mol. The normalized spacial score (nSPS) is 21.1. The van der Waals surface area contributed by atoms with Crippen LogP contribution in [0.25, 0.3) is 0 Å². The predicted octanol–water partition coefficient (Wildman–Crippen LogP) is 2.83. The third kappa shape index (κ3) is 3.08. The summed E-state index contributed by atoms with van der Waals surface area (Å²) in [5, 5.41) is 4.38. The van der Waals surface area contributed by atoms with Crippen molar-refractivity contribution in [1.29, 1.82) is 0 Å². The van der Waals surface area contributed by atoms with Gasteiger partial charge in [-0.25, -0.2) is 4.98 Å². The van der Waals surface area contributed by atoms with Crippen LogP contribution in [0.1, 0.15) is 32.0 Å². The van der Waals surface area contributed by atoms with Crippen LogP contribution in [0, 0.1) is 5.92 Å². The first kappa shape index (κ1) is 11.2. The SMILES string of the molecule is CC(C)c1nsc(NCC2CCSC2)n1. The predicted molar refractivity (Wildman–Crippen MR) is 67.9 cm³/mol. The molecule has 1 aliphatic heterocycles. The molecule has 0 bridgehead atoms. The molecule has 1 atom stereocenters. The minimum absolute atomic E-state index is 0.429. The van der Waals surface area contributed by atoms with Crippen molar-refractivity contribution in [1.82, 2.24) is 9.36 Å². The Hall–Kier alpha value is -0.290. The van der Waals surface area contributed by atoms with Gasteiger partial charge in [-0.2, -0.15) is 16.1 Å². The van der Waals surface area contributed by atoms with Crippen LogP contribution < -0.4 is 5.32 Å². The summed E-state index contributed by atoms with van der Waals surface area (Å²) in [4.78, 5) is 4.46. The highest BCUT2D eigenvalue weighted by molar-refractivity contribution is 7.99. The zero-order valence-corrected chi connectivity index (χ0v) is 10.8. The zero-order chi connectivity index (χ0) is 10.7. The maximum atomic E-state index is 4.46. The summed E-state index contributed by atoms with van der Waals surface area (Å²) in [6.07, 6.45) is 1.34. The number of hydrogen-bond acceptors (Lipinski definition) is 5. The monoisotopic (exact) mass is 243 g/mol. The van der Waals surface area contributed by atoms with Crippen molar-refractivity contribution in [2.45, 2.75) is 26.2 Å².